The van der Waals surface area contributed by atoms with Crippen LogP contribution in [-0.4, -0.2) is 33.3 Å². The Kier molecular flexibility index (Phi) is 7.29. The van der Waals surface area contributed by atoms with E-state index in [-0.39, 0.29) is 27.5 Å². The second kappa shape index (κ2) is 10.4. The molecular formula is C23H22ClFN4O3S. The van der Waals surface area contributed by atoms with Crippen molar-refractivity contribution in [3.63, 3.8) is 0 Å². The molecule has 4 rings (SSSR count). The molecule has 1 saturated carbocycles. The van der Waals surface area contributed by atoms with Gasteiger partial charge in [-0.25, -0.2) is 14.2 Å². The van der Waals surface area contributed by atoms with Crippen LogP contribution in [0, 0.1) is 5.82 Å². The van der Waals surface area contributed by atoms with E-state index < -0.39 is 17.8 Å². The van der Waals surface area contributed by atoms with Gasteiger partial charge in [0.25, 0.3) is 5.56 Å². The molecule has 1 fully saturated rings. The van der Waals surface area contributed by atoms with Crippen LogP contribution in [0.3, 0.4) is 0 Å². The minimum Gasteiger partial charge on any atom is -0.335 e. The highest BCUT2D eigenvalue weighted by atomic mass is 35.5. The number of halogens is 2. The Morgan fingerprint density at radius 3 is 2.67 bits per heavy atom. The van der Waals surface area contributed by atoms with Crippen LogP contribution >= 0.6 is 23.4 Å². The van der Waals surface area contributed by atoms with Gasteiger partial charge in [0.1, 0.15) is 5.82 Å². The predicted molar refractivity (Wildman–Crippen MR) is 127 cm³/mol. The van der Waals surface area contributed by atoms with E-state index in [0.717, 1.165) is 49.9 Å². The SMILES string of the molecule is O=C(CSc1nc2ccccc2c(=O)n1-c1ccc(F)c(Cl)c1)NC(=O)NC1CCCCC1. The average Bonchev–Trinajstić information content (AvgIpc) is 2.80. The molecule has 2 aromatic carbocycles. The van der Waals surface area contributed by atoms with E-state index >= 15 is 0 Å². The first-order valence-electron chi connectivity index (χ1n) is 10.6. The summed E-state index contributed by atoms with van der Waals surface area (Å²) in [6, 6.07) is 10.3. The fourth-order valence-electron chi connectivity index (χ4n) is 3.82. The molecule has 3 amide bonds. The number of imide groups is 1. The number of para-hydroxylation sites is 1. The number of hydrogen-bond donors (Lipinski definition) is 2. The third-order valence-corrected chi connectivity index (χ3v) is 6.66. The molecule has 10 heteroatoms. The molecular weight excluding hydrogens is 467 g/mol. The molecule has 3 aromatic rings. The number of amides is 3. The number of nitrogens with zero attached hydrogens (tertiary/aromatic N) is 2. The number of aromatic nitrogens is 2. The number of hydrogen-bond acceptors (Lipinski definition) is 5. The highest BCUT2D eigenvalue weighted by Gasteiger charge is 2.19. The number of rotatable bonds is 5. The fraction of sp³-hybridized carbons (Fsp3) is 0.304. The third-order valence-electron chi connectivity index (χ3n) is 5.43. The number of carbonyl (C=O) groups is 2. The highest BCUT2D eigenvalue weighted by molar-refractivity contribution is 7.99. The normalized spacial score (nSPS) is 14.2. The molecule has 0 aliphatic heterocycles. The zero-order chi connectivity index (χ0) is 23.4. The van der Waals surface area contributed by atoms with Gasteiger partial charge in [-0.3, -0.25) is 19.5 Å². The summed E-state index contributed by atoms with van der Waals surface area (Å²) in [4.78, 5) is 42.2. The average molecular weight is 489 g/mol. The van der Waals surface area contributed by atoms with Crippen molar-refractivity contribution in [2.75, 3.05) is 5.75 Å². The largest absolute Gasteiger partial charge is 0.335 e. The van der Waals surface area contributed by atoms with E-state index in [1.807, 2.05) is 0 Å². The maximum absolute atomic E-state index is 13.7. The summed E-state index contributed by atoms with van der Waals surface area (Å²) < 4.78 is 15.0. The summed E-state index contributed by atoms with van der Waals surface area (Å²) in [5.41, 5.74) is 0.411. The first kappa shape index (κ1) is 23.3. The van der Waals surface area contributed by atoms with Crippen LogP contribution in [-0.2, 0) is 4.79 Å². The van der Waals surface area contributed by atoms with Gasteiger partial charge >= 0.3 is 6.03 Å². The smallest absolute Gasteiger partial charge is 0.321 e. The Morgan fingerprint density at radius 1 is 1.15 bits per heavy atom. The van der Waals surface area contributed by atoms with Crippen LogP contribution in [0.25, 0.3) is 16.6 Å². The molecule has 33 heavy (non-hydrogen) atoms. The van der Waals surface area contributed by atoms with Gasteiger partial charge in [0.05, 0.1) is 27.4 Å². The van der Waals surface area contributed by atoms with E-state index in [1.54, 1.807) is 24.3 Å². The quantitative estimate of drug-likeness (QED) is 0.409. The van der Waals surface area contributed by atoms with E-state index in [0.29, 0.717) is 16.6 Å². The van der Waals surface area contributed by atoms with Gasteiger partial charge in [-0.15, -0.1) is 0 Å². The van der Waals surface area contributed by atoms with Gasteiger partial charge < -0.3 is 5.32 Å². The van der Waals surface area contributed by atoms with Crippen molar-refractivity contribution in [2.45, 2.75) is 43.3 Å². The molecule has 172 valence electrons. The lowest BCUT2D eigenvalue weighted by Gasteiger charge is -2.22. The predicted octanol–water partition coefficient (Wildman–Crippen LogP) is 4.43. The summed E-state index contributed by atoms with van der Waals surface area (Å²) in [6.07, 6.45) is 5.10. The maximum Gasteiger partial charge on any atom is 0.321 e. The van der Waals surface area contributed by atoms with E-state index in [1.165, 1.54) is 16.7 Å². The molecule has 1 aromatic heterocycles. The fourth-order valence-corrected chi connectivity index (χ4v) is 4.81. The van der Waals surface area contributed by atoms with Crippen LogP contribution < -0.4 is 16.2 Å². The molecule has 0 unspecified atom stereocenters. The van der Waals surface area contributed by atoms with Crippen LogP contribution in [0.2, 0.25) is 5.02 Å². The summed E-state index contributed by atoms with van der Waals surface area (Å²) in [5.74, 6) is -1.27. The Bertz CT molecular complexity index is 1260. The Morgan fingerprint density at radius 2 is 1.91 bits per heavy atom. The first-order chi connectivity index (χ1) is 15.9. The number of nitrogens with one attached hydrogen (secondary N) is 2. The number of urea groups is 1. The van der Waals surface area contributed by atoms with Crippen molar-refractivity contribution >= 4 is 46.2 Å². The molecule has 1 heterocycles. The van der Waals surface area contributed by atoms with Crippen molar-refractivity contribution in [2.24, 2.45) is 0 Å². The molecule has 0 saturated heterocycles. The van der Waals surface area contributed by atoms with E-state index in [2.05, 4.69) is 15.6 Å². The zero-order valence-electron chi connectivity index (χ0n) is 17.6. The lowest BCUT2D eigenvalue weighted by molar-refractivity contribution is -0.117. The third kappa shape index (κ3) is 5.54. The molecule has 0 atom stereocenters. The summed E-state index contributed by atoms with van der Waals surface area (Å²) in [5, 5.41) is 5.62. The van der Waals surface area contributed by atoms with E-state index in [9.17, 15) is 18.8 Å². The van der Waals surface area contributed by atoms with Crippen LogP contribution in [0.5, 0.6) is 0 Å². The molecule has 2 N–H and O–H groups in total. The highest BCUT2D eigenvalue weighted by Crippen LogP contribution is 2.24. The van der Waals surface area contributed by atoms with Crippen molar-refractivity contribution in [3.05, 3.63) is 63.7 Å². The van der Waals surface area contributed by atoms with Gasteiger partial charge in [0.15, 0.2) is 5.16 Å². The first-order valence-corrected chi connectivity index (χ1v) is 12.0. The molecule has 0 bridgehead atoms. The second-order valence-corrected chi connectivity index (χ2v) is 9.15. The van der Waals surface area contributed by atoms with E-state index in [4.69, 9.17) is 11.6 Å². The molecule has 7 nitrogen and oxygen atoms in total. The molecule has 0 spiro atoms. The molecule has 0 radical (unpaired) electrons. The standard InChI is InChI=1S/C23H22ClFN4O3S/c24-17-12-15(10-11-18(17)25)29-21(31)16-8-4-5-9-19(16)27-23(29)33-13-20(30)28-22(32)26-14-6-2-1-3-7-14/h4-5,8-12,14H,1-3,6-7,13H2,(H2,26,28,30,32). The Balaban J connectivity index is 1.55. The number of benzene rings is 2. The van der Waals surface area contributed by atoms with Gasteiger partial charge in [-0.2, -0.15) is 0 Å². The Hall–Kier alpha value is -2.91. The van der Waals surface area contributed by atoms with Crippen molar-refractivity contribution in [1.29, 1.82) is 0 Å². The monoisotopic (exact) mass is 488 g/mol. The Labute approximate surface area is 198 Å². The zero-order valence-corrected chi connectivity index (χ0v) is 19.2. The van der Waals surface area contributed by atoms with Crippen LogP contribution in [0.15, 0.2) is 52.4 Å². The topological polar surface area (TPSA) is 93.1 Å². The summed E-state index contributed by atoms with van der Waals surface area (Å²) in [6.45, 7) is 0. The second-order valence-electron chi connectivity index (χ2n) is 7.80. The summed E-state index contributed by atoms with van der Waals surface area (Å²) >= 11 is 6.93. The lowest BCUT2D eigenvalue weighted by atomic mass is 9.96. The number of thioether (sulfide) groups is 1. The van der Waals surface area contributed by atoms with Crippen LogP contribution in [0.1, 0.15) is 32.1 Å². The molecule has 1 aliphatic carbocycles. The lowest BCUT2D eigenvalue weighted by Crippen LogP contribution is -2.45. The number of fused-ring (bicyclic) bond motifs is 1. The van der Waals surface area contributed by atoms with Crippen LogP contribution in [0.4, 0.5) is 9.18 Å². The summed E-state index contributed by atoms with van der Waals surface area (Å²) in [7, 11) is 0. The van der Waals surface area contributed by atoms with Gasteiger partial charge in [0.2, 0.25) is 5.91 Å². The molecule has 1 aliphatic rings. The minimum atomic E-state index is -0.611. The maximum atomic E-state index is 13.7. The number of carbonyl (C=O) groups excluding carboxylic acids is 2. The minimum absolute atomic E-state index is 0.0785. The van der Waals surface area contributed by atoms with Gasteiger partial charge in [0, 0.05) is 6.04 Å². The van der Waals surface area contributed by atoms with Gasteiger partial charge in [-0.1, -0.05) is 54.8 Å². The van der Waals surface area contributed by atoms with Crippen molar-refractivity contribution in [1.82, 2.24) is 20.2 Å². The van der Waals surface area contributed by atoms with Gasteiger partial charge in [-0.05, 0) is 43.2 Å². The van der Waals surface area contributed by atoms with Crippen molar-refractivity contribution in [3.8, 4) is 5.69 Å². The van der Waals surface area contributed by atoms with Crippen molar-refractivity contribution < 1.29 is 14.0 Å².